The number of aryl methyl sites for hydroxylation is 1. The van der Waals surface area contributed by atoms with E-state index in [1.807, 2.05) is 30.5 Å². The van der Waals surface area contributed by atoms with Gasteiger partial charge in [-0.25, -0.2) is 5.84 Å². The topological polar surface area (TPSA) is 94.3 Å². The quantitative estimate of drug-likeness (QED) is 0.261. The van der Waals surface area contributed by atoms with E-state index in [0.29, 0.717) is 11.5 Å². The van der Waals surface area contributed by atoms with Gasteiger partial charge in [-0.3, -0.25) is 10.2 Å². The predicted octanol–water partition coefficient (Wildman–Crippen LogP) is 2.07. The molecule has 6 heteroatoms. The number of nitrogens with two attached hydrogens (primary N) is 2. The molecule has 0 aliphatic heterocycles. The van der Waals surface area contributed by atoms with Gasteiger partial charge >= 0.3 is 5.91 Å². The van der Waals surface area contributed by atoms with Crippen molar-refractivity contribution in [2.24, 2.45) is 5.84 Å². The Morgan fingerprint density at radius 1 is 1.37 bits per heavy atom. The maximum atomic E-state index is 11.2. The van der Waals surface area contributed by atoms with E-state index in [4.69, 9.17) is 16.0 Å². The van der Waals surface area contributed by atoms with Crippen molar-refractivity contribution >= 4 is 23.4 Å². The monoisotopic (exact) mass is 277 g/mol. The zero-order chi connectivity index (χ0) is 13.8. The van der Waals surface area contributed by atoms with Gasteiger partial charge in [-0.1, -0.05) is 12.1 Å². The summed E-state index contributed by atoms with van der Waals surface area (Å²) in [4.78, 5) is 12.2. The first-order valence-corrected chi connectivity index (χ1v) is 6.68. The molecule has 1 heterocycles. The van der Waals surface area contributed by atoms with Crippen molar-refractivity contribution in [2.45, 2.75) is 17.6 Å². The molecule has 19 heavy (non-hydrogen) atoms. The molecular weight excluding hydrogens is 262 g/mol. The van der Waals surface area contributed by atoms with Crippen LogP contribution in [0.25, 0.3) is 0 Å². The zero-order valence-electron chi connectivity index (χ0n) is 10.5. The normalized spacial score (nSPS) is 10.4. The Hall–Kier alpha value is -1.92. The van der Waals surface area contributed by atoms with Crippen molar-refractivity contribution < 1.29 is 9.21 Å². The first kappa shape index (κ1) is 13.5. The molecule has 1 amide bonds. The van der Waals surface area contributed by atoms with Crippen LogP contribution in [0.2, 0.25) is 0 Å². The number of para-hydroxylation sites is 1. The van der Waals surface area contributed by atoms with Crippen molar-refractivity contribution in [3.8, 4) is 0 Å². The molecular formula is C13H15N3O2S. The molecule has 0 spiro atoms. The number of benzene rings is 1. The SMILES string of the molecule is Cc1cccc(SCc2ccc(C(=O)NN)o2)c1N. The average molecular weight is 277 g/mol. The van der Waals surface area contributed by atoms with Gasteiger partial charge in [-0.2, -0.15) is 0 Å². The molecule has 0 bridgehead atoms. The lowest BCUT2D eigenvalue weighted by Crippen LogP contribution is -2.29. The van der Waals surface area contributed by atoms with Crippen LogP contribution in [0, 0.1) is 6.92 Å². The Bertz CT molecular complexity index is 595. The summed E-state index contributed by atoms with van der Waals surface area (Å²) in [5.74, 6) is 6.10. The predicted molar refractivity (Wildman–Crippen MR) is 75.5 cm³/mol. The van der Waals surface area contributed by atoms with E-state index in [1.165, 1.54) is 0 Å². The number of anilines is 1. The highest BCUT2D eigenvalue weighted by molar-refractivity contribution is 7.98. The number of carbonyl (C=O) groups is 1. The van der Waals surface area contributed by atoms with Gasteiger partial charge in [0, 0.05) is 10.6 Å². The van der Waals surface area contributed by atoms with Gasteiger partial charge in [0.05, 0.1) is 5.75 Å². The lowest BCUT2D eigenvalue weighted by Gasteiger charge is -2.06. The molecule has 0 radical (unpaired) electrons. The first-order chi connectivity index (χ1) is 9.11. The fourth-order valence-electron chi connectivity index (χ4n) is 1.58. The number of amides is 1. The Morgan fingerprint density at radius 2 is 2.16 bits per heavy atom. The smallest absolute Gasteiger partial charge is 0.300 e. The average Bonchev–Trinajstić information content (AvgIpc) is 2.88. The lowest BCUT2D eigenvalue weighted by molar-refractivity contribution is 0.0924. The Labute approximate surface area is 115 Å². The van der Waals surface area contributed by atoms with Crippen molar-refractivity contribution in [3.63, 3.8) is 0 Å². The molecule has 0 aliphatic carbocycles. The molecule has 2 rings (SSSR count). The summed E-state index contributed by atoms with van der Waals surface area (Å²) in [5.41, 5.74) is 9.84. The van der Waals surface area contributed by atoms with Gasteiger partial charge < -0.3 is 10.2 Å². The van der Waals surface area contributed by atoms with Crippen molar-refractivity contribution in [3.05, 3.63) is 47.4 Å². The summed E-state index contributed by atoms with van der Waals surface area (Å²) in [6.07, 6.45) is 0. The second kappa shape index (κ2) is 5.81. The van der Waals surface area contributed by atoms with Crippen LogP contribution >= 0.6 is 11.8 Å². The first-order valence-electron chi connectivity index (χ1n) is 5.69. The second-order valence-corrected chi connectivity index (χ2v) is 5.03. The van der Waals surface area contributed by atoms with E-state index >= 15 is 0 Å². The van der Waals surface area contributed by atoms with Crippen molar-refractivity contribution in [2.75, 3.05) is 5.73 Å². The number of hydrogen-bond donors (Lipinski definition) is 3. The van der Waals surface area contributed by atoms with Crippen LogP contribution in [-0.2, 0) is 5.75 Å². The fourth-order valence-corrected chi connectivity index (χ4v) is 2.52. The van der Waals surface area contributed by atoms with Crippen LogP contribution < -0.4 is 17.0 Å². The van der Waals surface area contributed by atoms with Gasteiger partial charge in [0.25, 0.3) is 0 Å². The van der Waals surface area contributed by atoms with Crippen LogP contribution in [0.1, 0.15) is 21.9 Å². The summed E-state index contributed by atoms with van der Waals surface area (Å²) in [6.45, 7) is 1.97. The highest BCUT2D eigenvalue weighted by atomic mass is 32.2. The van der Waals surface area contributed by atoms with Crippen molar-refractivity contribution in [1.29, 1.82) is 0 Å². The molecule has 2 aromatic rings. The van der Waals surface area contributed by atoms with Gasteiger partial charge in [0.2, 0.25) is 0 Å². The third kappa shape index (κ3) is 3.10. The van der Waals surface area contributed by atoms with E-state index in [-0.39, 0.29) is 5.76 Å². The zero-order valence-corrected chi connectivity index (χ0v) is 11.3. The number of hydrogen-bond acceptors (Lipinski definition) is 5. The number of thioether (sulfide) groups is 1. The molecule has 0 aliphatic rings. The van der Waals surface area contributed by atoms with Crippen LogP contribution in [0.3, 0.4) is 0 Å². The van der Waals surface area contributed by atoms with Crippen LogP contribution in [0.15, 0.2) is 39.6 Å². The van der Waals surface area contributed by atoms with Gasteiger partial charge in [0.1, 0.15) is 5.76 Å². The number of nitrogen functional groups attached to an aromatic ring is 2. The molecule has 0 saturated heterocycles. The summed E-state index contributed by atoms with van der Waals surface area (Å²) < 4.78 is 5.37. The molecule has 100 valence electrons. The van der Waals surface area contributed by atoms with Crippen LogP contribution in [-0.4, -0.2) is 5.91 Å². The summed E-state index contributed by atoms with van der Waals surface area (Å²) in [5, 5.41) is 0. The molecule has 0 fully saturated rings. The Kier molecular flexibility index (Phi) is 4.13. The van der Waals surface area contributed by atoms with Gasteiger partial charge in [-0.15, -0.1) is 11.8 Å². The molecule has 0 unspecified atom stereocenters. The Balaban J connectivity index is 2.04. The minimum atomic E-state index is -0.439. The maximum Gasteiger partial charge on any atom is 0.300 e. The van der Waals surface area contributed by atoms with Crippen LogP contribution in [0.4, 0.5) is 5.69 Å². The van der Waals surface area contributed by atoms with E-state index < -0.39 is 5.91 Å². The minimum Gasteiger partial charge on any atom is -0.455 e. The molecule has 0 saturated carbocycles. The lowest BCUT2D eigenvalue weighted by atomic mass is 10.2. The second-order valence-electron chi connectivity index (χ2n) is 4.01. The molecule has 1 aromatic heterocycles. The van der Waals surface area contributed by atoms with E-state index in [0.717, 1.165) is 16.1 Å². The van der Waals surface area contributed by atoms with Crippen LogP contribution in [0.5, 0.6) is 0 Å². The minimum absolute atomic E-state index is 0.204. The Morgan fingerprint density at radius 3 is 2.89 bits per heavy atom. The van der Waals surface area contributed by atoms with E-state index in [1.54, 1.807) is 23.9 Å². The molecule has 0 atom stereocenters. The summed E-state index contributed by atoms with van der Waals surface area (Å²) >= 11 is 1.57. The largest absolute Gasteiger partial charge is 0.455 e. The van der Waals surface area contributed by atoms with Gasteiger partial charge in [-0.05, 0) is 30.7 Å². The highest BCUT2D eigenvalue weighted by Crippen LogP contribution is 2.30. The summed E-state index contributed by atoms with van der Waals surface area (Å²) in [6, 6.07) is 9.24. The van der Waals surface area contributed by atoms with E-state index in [2.05, 4.69) is 0 Å². The standard InChI is InChI=1S/C13H15N3O2S/c1-8-3-2-4-11(12(8)14)19-7-9-5-6-10(18-9)13(17)16-15/h2-6H,7,14-15H2,1H3,(H,16,17). The number of hydrazine groups is 1. The maximum absolute atomic E-state index is 11.2. The summed E-state index contributed by atoms with van der Waals surface area (Å²) in [7, 11) is 0. The number of nitrogens with one attached hydrogen (secondary N) is 1. The molecule has 5 N–H and O–H groups in total. The number of rotatable bonds is 4. The third-order valence-corrected chi connectivity index (χ3v) is 3.77. The van der Waals surface area contributed by atoms with E-state index in [9.17, 15) is 4.79 Å². The molecule has 1 aromatic carbocycles. The number of carbonyl (C=O) groups excluding carboxylic acids is 1. The third-order valence-electron chi connectivity index (χ3n) is 2.67. The molecule has 5 nitrogen and oxygen atoms in total. The number of furan rings is 1. The highest BCUT2D eigenvalue weighted by Gasteiger charge is 2.10. The van der Waals surface area contributed by atoms with Gasteiger partial charge in [0.15, 0.2) is 5.76 Å². The fraction of sp³-hybridized carbons (Fsp3) is 0.154. The van der Waals surface area contributed by atoms with Crippen molar-refractivity contribution in [1.82, 2.24) is 5.43 Å².